The highest BCUT2D eigenvalue weighted by Gasteiger charge is 2.61. The summed E-state index contributed by atoms with van der Waals surface area (Å²) in [5.74, 6) is -5.86. The first-order chi connectivity index (χ1) is 26.4. The SMILES string of the molecule is CCCCO[C@H]1C(CO[C@]2(C(=O)OC)C[C@H]3OC(=O)N[C@H]3C([C@H](OC(C)=O)[C@H](O)CO)O2)O[C@@H](S)[C@@H](OC(=O)c2ccccc2)C1OC(=O)c1ccccc1. The van der Waals surface area contributed by atoms with Gasteiger partial charge in [0.25, 0.3) is 5.79 Å². The molecule has 0 spiro atoms. The zero-order chi connectivity index (χ0) is 39.7. The highest BCUT2D eigenvalue weighted by molar-refractivity contribution is 7.80. The van der Waals surface area contributed by atoms with Gasteiger partial charge in [-0.05, 0) is 30.7 Å². The van der Waals surface area contributed by atoms with Crippen LogP contribution in [-0.2, 0) is 52.2 Å². The van der Waals surface area contributed by atoms with Crippen LogP contribution in [0.2, 0.25) is 0 Å². The van der Waals surface area contributed by atoms with E-state index in [1.807, 2.05) is 6.92 Å². The molecular formula is C37H45NO16S. The van der Waals surface area contributed by atoms with Crippen LogP contribution >= 0.6 is 12.6 Å². The van der Waals surface area contributed by atoms with Gasteiger partial charge in [0.05, 0.1) is 43.9 Å². The molecule has 3 unspecified atom stereocenters. The smallest absolute Gasteiger partial charge is 0.407 e. The molecule has 3 saturated heterocycles. The average Bonchev–Trinajstić information content (AvgIpc) is 3.57. The molecule has 0 saturated carbocycles. The number of benzene rings is 2. The molecule has 1 amide bonds. The molecule has 0 aliphatic carbocycles. The summed E-state index contributed by atoms with van der Waals surface area (Å²) in [6.07, 6.45) is -11.1. The number of ether oxygens (including phenoxy) is 9. The summed E-state index contributed by atoms with van der Waals surface area (Å²) in [7, 11) is 1.06. The molecule has 0 bridgehead atoms. The summed E-state index contributed by atoms with van der Waals surface area (Å²) in [5.41, 5.74) is -0.828. The van der Waals surface area contributed by atoms with Gasteiger partial charge in [0, 0.05) is 13.5 Å². The predicted molar refractivity (Wildman–Crippen MR) is 190 cm³/mol. The highest BCUT2D eigenvalue weighted by atomic mass is 32.1. The number of methoxy groups -OCH3 is 1. The monoisotopic (exact) mass is 791 g/mol. The molecule has 3 fully saturated rings. The van der Waals surface area contributed by atoms with Crippen molar-refractivity contribution in [3.63, 3.8) is 0 Å². The highest BCUT2D eigenvalue weighted by Crippen LogP contribution is 2.40. The Hall–Kier alpha value is -4.30. The fraction of sp³-hybridized carbons (Fsp3) is 0.541. The van der Waals surface area contributed by atoms with Crippen LogP contribution in [0.4, 0.5) is 4.79 Å². The normalized spacial score (nSPS) is 29.7. The van der Waals surface area contributed by atoms with E-state index < -0.39 is 116 Å². The topological polar surface area (TPSA) is 221 Å². The Kier molecular flexibility index (Phi) is 14.5. The molecule has 11 atom stereocenters. The maximum atomic E-state index is 13.6. The van der Waals surface area contributed by atoms with Crippen molar-refractivity contribution in [3.05, 3.63) is 71.8 Å². The molecule has 2 aromatic carbocycles. The van der Waals surface area contributed by atoms with E-state index in [2.05, 4.69) is 17.9 Å². The lowest BCUT2D eigenvalue weighted by atomic mass is 9.89. The number of thiol groups is 1. The number of hydrogen-bond acceptors (Lipinski definition) is 17. The quantitative estimate of drug-likeness (QED) is 0.0823. The third-order valence-corrected chi connectivity index (χ3v) is 9.60. The number of carbonyl (C=O) groups is 5. The van der Waals surface area contributed by atoms with E-state index in [-0.39, 0.29) is 17.7 Å². The van der Waals surface area contributed by atoms with E-state index in [1.165, 1.54) is 0 Å². The van der Waals surface area contributed by atoms with Crippen LogP contribution in [0.5, 0.6) is 0 Å². The Morgan fingerprint density at radius 1 is 0.982 bits per heavy atom. The summed E-state index contributed by atoms with van der Waals surface area (Å²) in [4.78, 5) is 65.0. The van der Waals surface area contributed by atoms with Gasteiger partial charge in [-0.25, -0.2) is 19.2 Å². The molecule has 5 rings (SSSR count). The summed E-state index contributed by atoms with van der Waals surface area (Å²) < 4.78 is 52.6. The van der Waals surface area contributed by atoms with Crippen molar-refractivity contribution in [3.8, 4) is 0 Å². The zero-order valence-corrected chi connectivity index (χ0v) is 31.2. The van der Waals surface area contributed by atoms with Crippen molar-refractivity contribution in [2.45, 2.75) is 99.2 Å². The van der Waals surface area contributed by atoms with Crippen LogP contribution in [0.25, 0.3) is 0 Å². The summed E-state index contributed by atoms with van der Waals surface area (Å²) in [6.45, 7) is 1.71. The number of unbranched alkanes of at least 4 members (excludes halogenated alkanes) is 1. The van der Waals surface area contributed by atoms with E-state index in [9.17, 15) is 34.2 Å². The number of aliphatic hydroxyl groups is 2. The van der Waals surface area contributed by atoms with E-state index in [1.54, 1.807) is 60.7 Å². The average molecular weight is 792 g/mol. The predicted octanol–water partition coefficient (Wildman–Crippen LogP) is 1.71. The summed E-state index contributed by atoms with van der Waals surface area (Å²) in [6, 6.07) is 15.2. The fourth-order valence-corrected chi connectivity index (χ4v) is 6.90. The molecule has 3 N–H and O–H groups in total. The standard InChI is InChI=1S/C37H45NO16S/c1-4-5-16-47-28-25(50-34(55)31(53-33(43)22-14-10-7-11-15-22)30(28)52-32(42)21-12-8-6-9-13-21)19-48-37(35(44)46-3)17-24-26(38-36(45)51-24)29(54-37)27(23(41)18-39)49-20(2)40/h6-15,23-31,34,39,41,55H,4-5,16-19H2,1-3H3,(H,38,45)/t23-,24-,25?,26-,27-,28+,29?,30?,31+,34+,37-/m1/s1. The molecular weight excluding hydrogens is 746 g/mol. The maximum Gasteiger partial charge on any atom is 0.407 e. The molecule has 300 valence electrons. The van der Waals surface area contributed by atoms with Crippen molar-refractivity contribution in [2.75, 3.05) is 26.9 Å². The number of nitrogens with one attached hydrogen (secondary N) is 1. The lowest BCUT2D eigenvalue weighted by Crippen LogP contribution is -2.67. The van der Waals surface area contributed by atoms with Gasteiger partial charge in [0.1, 0.15) is 36.0 Å². The summed E-state index contributed by atoms with van der Waals surface area (Å²) >= 11 is 4.60. The minimum atomic E-state index is -2.39. The molecule has 2 aromatic rings. The van der Waals surface area contributed by atoms with Crippen molar-refractivity contribution >= 4 is 42.6 Å². The number of amides is 1. The van der Waals surface area contributed by atoms with Crippen molar-refractivity contribution in [1.29, 1.82) is 0 Å². The number of rotatable bonds is 16. The third-order valence-electron chi connectivity index (χ3n) is 9.19. The van der Waals surface area contributed by atoms with Crippen molar-refractivity contribution < 1.29 is 76.8 Å². The van der Waals surface area contributed by atoms with Gasteiger partial charge in [-0.2, -0.15) is 0 Å². The van der Waals surface area contributed by atoms with Gasteiger partial charge in [0.2, 0.25) is 0 Å². The van der Waals surface area contributed by atoms with Crippen molar-refractivity contribution in [1.82, 2.24) is 5.32 Å². The Morgan fingerprint density at radius 2 is 1.60 bits per heavy atom. The number of fused-ring (bicyclic) bond motifs is 1. The van der Waals surface area contributed by atoms with Gasteiger partial charge in [-0.15, -0.1) is 12.6 Å². The molecule has 3 aliphatic rings. The lowest BCUT2D eigenvalue weighted by molar-refractivity contribution is -0.320. The molecule has 17 nitrogen and oxygen atoms in total. The minimum absolute atomic E-state index is 0.145. The van der Waals surface area contributed by atoms with Gasteiger partial charge in [-0.3, -0.25) is 4.79 Å². The van der Waals surface area contributed by atoms with E-state index >= 15 is 0 Å². The van der Waals surface area contributed by atoms with Crippen LogP contribution in [0, 0.1) is 0 Å². The van der Waals surface area contributed by atoms with Gasteiger partial charge >= 0.3 is 30.0 Å². The first-order valence-corrected chi connectivity index (χ1v) is 18.2. The van der Waals surface area contributed by atoms with Crippen LogP contribution in [0.15, 0.2) is 60.7 Å². The number of alkyl carbamates (subject to hydrolysis) is 1. The molecule has 3 heterocycles. The first kappa shape index (κ1) is 41.9. The Bertz CT molecular complexity index is 1630. The summed E-state index contributed by atoms with van der Waals surface area (Å²) in [5, 5.41) is 23.0. The molecule has 0 aromatic heterocycles. The third kappa shape index (κ3) is 9.93. The fourth-order valence-electron chi connectivity index (χ4n) is 6.52. The number of hydrogen-bond donors (Lipinski definition) is 4. The molecule has 3 aliphatic heterocycles. The van der Waals surface area contributed by atoms with E-state index in [0.717, 1.165) is 20.5 Å². The van der Waals surface area contributed by atoms with E-state index in [4.69, 9.17) is 42.6 Å². The van der Waals surface area contributed by atoms with Crippen LogP contribution in [-0.4, -0.2) is 133 Å². The minimum Gasteiger partial charge on any atom is -0.465 e. The molecule has 18 heteroatoms. The maximum absolute atomic E-state index is 13.6. The molecule has 55 heavy (non-hydrogen) atoms. The largest absolute Gasteiger partial charge is 0.465 e. The second-order valence-electron chi connectivity index (χ2n) is 13.0. The zero-order valence-electron chi connectivity index (χ0n) is 30.3. The first-order valence-electron chi connectivity index (χ1n) is 17.7. The van der Waals surface area contributed by atoms with Crippen molar-refractivity contribution in [2.24, 2.45) is 0 Å². The van der Waals surface area contributed by atoms with E-state index in [0.29, 0.717) is 6.42 Å². The molecule has 0 radical (unpaired) electrons. The van der Waals surface area contributed by atoms with Gasteiger partial charge < -0.3 is 58.2 Å². The van der Waals surface area contributed by atoms with Gasteiger partial charge in [-0.1, -0.05) is 49.7 Å². The van der Waals surface area contributed by atoms with Gasteiger partial charge in [0.15, 0.2) is 18.3 Å². The Labute approximate surface area is 322 Å². The second kappa shape index (κ2) is 19.0. The second-order valence-corrected chi connectivity index (χ2v) is 13.5. The number of aliphatic hydroxyl groups excluding tert-OH is 2. The number of carbonyl (C=O) groups excluding carboxylic acids is 5. The Morgan fingerprint density at radius 3 is 2.16 bits per heavy atom. The number of esters is 4. The van der Waals surface area contributed by atoms with Crippen LogP contribution in [0.1, 0.15) is 53.8 Å². The Balaban J connectivity index is 1.49. The lowest BCUT2D eigenvalue weighted by Gasteiger charge is -2.47. The van der Waals surface area contributed by atoms with Crippen LogP contribution in [0.3, 0.4) is 0 Å². The van der Waals surface area contributed by atoms with Crippen LogP contribution < -0.4 is 5.32 Å².